The summed E-state index contributed by atoms with van der Waals surface area (Å²) in [6, 6.07) is 1.66. The average molecular weight is 255 g/mol. The van der Waals surface area contributed by atoms with Crippen molar-refractivity contribution in [3.8, 4) is 0 Å². The fourth-order valence-corrected chi connectivity index (χ4v) is 1.44. The smallest absolute Gasteiger partial charge is 0.341 e. The van der Waals surface area contributed by atoms with Gasteiger partial charge in [0.2, 0.25) is 0 Å². The average Bonchev–Trinajstić information content (AvgIpc) is 2.35. The molecule has 4 nitrogen and oxygen atoms in total. The third-order valence-electron chi connectivity index (χ3n) is 2.14. The summed E-state index contributed by atoms with van der Waals surface area (Å²) >= 11 is 5.81. The van der Waals surface area contributed by atoms with Crippen molar-refractivity contribution in [1.29, 1.82) is 0 Å². The standard InChI is InChI=1S/C12H15ClN2O2/c1-14-6-4-3-5-9-7-10(12(16)17-2)11(13)15-8-9/h3,5,7-8,14H,4,6H2,1-2H3. The monoisotopic (exact) mass is 254 g/mol. The lowest BCUT2D eigenvalue weighted by Gasteiger charge is -2.02. The Kier molecular flexibility index (Phi) is 5.66. The number of esters is 1. The number of hydrogen-bond acceptors (Lipinski definition) is 4. The molecule has 0 aliphatic heterocycles. The van der Waals surface area contributed by atoms with Crippen molar-refractivity contribution in [2.24, 2.45) is 0 Å². The largest absolute Gasteiger partial charge is 0.465 e. The van der Waals surface area contributed by atoms with E-state index in [1.54, 1.807) is 12.3 Å². The molecular weight excluding hydrogens is 240 g/mol. The van der Waals surface area contributed by atoms with Gasteiger partial charge in [-0.15, -0.1) is 0 Å². The number of carbonyl (C=O) groups excluding carboxylic acids is 1. The van der Waals surface area contributed by atoms with Gasteiger partial charge in [0, 0.05) is 6.20 Å². The van der Waals surface area contributed by atoms with E-state index in [9.17, 15) is 4.79 Å². The molecule has 92 valence electrons. The molecule has 0 bridgehead atoms. The molecule has 1 rings (SSSR count). The summed E-state index contributed by atoms with van der Waals surface area (Å²) in [4.78, 5) is 15.3. The van der Waals surface area contributed by atoms with E-state index >= 15 is 0 Å². The number of hydrogen-bond donors (Lipinski definition) is 1. The van der Waals surface area contributed by atoms with Crippen molar-refractivity contribution in [3.63, 3.8) is 0 Å². The zero-order valence-corrected chi connectivity index (χ0v) is 10.6. The van der Waals surface area contributed by atoms with Crippen molar-refractivity contribution >= 4 is 23.6 Å². The molecule has 1 aromatic heterocycles. The minimum atomic E-state index is -0.479. The van der Waals surface area contributed by atoms with E-state index in [1.807, 2.05) is 19.2 Å². The van der Waals surface area contributed by atoms with Crippen LogP contribution >= 0.6 is 11.6 Å². The van der Waals surface area contributed by atoms with Crippen LogP contribution < -0.4 is 5.32 Å². The van der Waals surface area contributed by atoms with E-state index in [0.29, 0.717) is 0 Å². The molecule has 0 aliphatic rings. The Morgan fingerprint density at radius 1 is 1.65 bits per heavy atom. The van der Waals surface area contributed by atoms with Crippen molar-refractivity contribution in [2.45, 2.75) is 6.42 Å². The molecule has 0 aromatic carbocycles. The van der Waals surface area contributed by atoms with Gasteiger partial charge in [0.05, 0.1) is 12.7 Å². The molecule has 1 aromatic rings. The maximum atomic E-state index is 11.4. The molecule has 0 saturated carbocycles. The van der Waals surface area contributed by atoms with Crippen molar-refractivity contribution in [1.82, 2.24) is 10.3 Å². The Hall–Kier alpha value is -1.39. The Morgan fingerprint density at radius 3 is 3.06 bits per heavy atom. The summed E-state index contributed by atoms with van der Waals surface area (Å²) in [6.07, 6.45) is 6.42. The summed E-state index contributed by atoms with van der Waals surface area (Å²) in [6.45, 7) is 0.904. The van der Waals surface area contributed by atoms with Crippen molar-refractivity contribution in [2.75, 3.05) is 20.7 Å². The van der Waals surface area contributed by atoms with E-state index in [0.717, 1.165) is 18.5 Å². The van der Waals surface area contributed by atoms with Crippen LogP contribution in [0.15, 0.2) is 18.3 Å². The summed E-state index contributed by atoms with van der Waals surface area (Å²) in [5.74, 6) is -0.479. The molecule has 0 amide bonds. The van der Waals surface area contributed by atoms with Gasteiger partial charge in [-0.25, -0.2) is 9.78 Å². The van der Waals surface area contributed by atoms with Gasteiger partial charge in [-0.3, -0.25) is 0 Å². The first-order valence-corrected chi connectivity index (χ1v) is 5.62. The molecule has 0 radical (unpaired) electrons. The number of halogens is 1. The van der Waals surface area contributed by atoms with Crippen LogP contribution in [-0.4, -0.2) is 31.7 Å². The second-order valence-corrected chi connectivity index (χ2v) is 3.75. The number of rotatable bonds is 5. The van der Waals surface area contributed by atoms with E-state index in [-0.39, 0.29) is 10.7 Å². The van der Waals surface area contributed by atoms with Crippen LogP contribution in [0, 0.1) is 0 Å². The van der Waals surface area contributed by atoms with Crippen LogP contribution in [-0.2, 0) is 4.74 Å². The van der Waals surface area contributed by atoms with Crippen LogP contribution in [0.2, 0.25) is 5.15 Å². The van der Waals surface area contributed by atoms with Gasteiger partial charge in [-0.1, -0.05) is 23.8 Å². The number of pyridine rings is 1. The first kappa shape index (κ1) is 13.7. The molecule has 0 atom stereocenters. The van der Waals surface area contributed by atoms with Crippen LogP contribution in [0.25, 0.3) is 6.08 Å². The highest BCUT2D eigenvalue weighted by Crippen LogP contribution is 2.16. The number of methoxy groups -OCH3 is 1. The van der Waals surface area contributed by atoms with E-state index in [1.165, 1.54) is 7.11 Å². The molecule has 17 heavy (non-hydrogen) atoms. The maximum absolute atomic E-state index is 11.4. The Labute approximate surface area is 106 Å². The topological polar surface area (TPSA) is 51.2 Å². The summed E-state index contributed by atoms with van der Waals surface area (Å²) in [5, 5.41) is 3.20. The summed E-state index contributed by atoms with van der Waals surface area (Å²) < 4.78 is 4.62. The lowest BCUT2D eigenvalue weighted by Crippen LogP contribution is -2.05. The molecular formula is C12H15ClN2O2. The predicted molar refractivity (Wildman–Crippen MR) is 68.2 cm³/mol. The van der Waals surface area contributed by atoms with E-state index < -0.39 is 5.97 Å². The summed E-state index contributed by atoms with van der Waals surface area (Å²) in [5.41, 5.74) is 1.11. The number of ether oxygens (including phenoxy) is 1. The lowest BCUT2D eigenvalue weighted by molar-refractivity contribution is 0.0600. The van der Waals surface area contributed by atoms with Gasteiger partial charge in [0.1, 0.15) is 5.15 Å². The number of aromatic nitrogens is 1. The Bertz CT molecular complexity index is 419. The minimum Gasteiger partial charge on any atom is -0.465 e. The SMILES string of the molecule is CNCCC=Cc1cnc(Cl)c(C(=O)OC)c1. The normalized spacial score (nSPS) is 10.8. The molecule has 0 saturated heterocycles. The highest BCUT2D eigenvalue weighted by atomic mass is 35.5. The highest BCUT2D eigenvalue weighted by molar-refractivity contribution is 6.32. The first-order valence-electron chi connectivity index (χ1n) is 5.24. The maximum Gasteiger partial charge on any atom is 0.341 e. The van der Waals surface area contributed by atoms with E-state index in [2.05, 4.69) is 15.0 Å². The second-order valence-electron chi connectivity index (χ2n) is 3.39. The Morgan fingerprint density at radius 2 is 2.41 bits per heavy atom. The quantitative estimate of drug-likeness (QED) is 0.497. The van der Waals surface area contributed by atoms with Crippen LogP contribution in [0.1, 0.15) is 22.3 Å². The number of nitrogens with one attached hydrogen (secondary N) is 1. The van der Waals surface area contributed by atoms with E-state index in [4.69, 9.17) is 11.6 Å². The third kappa shape index (κ3) is 4.17. The predicted octanol–water partition coefficient (Wildman–Crippen LogP) is 2.14. The number of nitrogens with zero attached hydrogens (tertiary/aromatic N) is 1. The van der Waals surface area contributed by atoms with Gasteiger partial charge in [-0.05, 0) is 31.6 Å². The second kappa shape index (κ2) is 7.04. The van der Waals surface area contributed by atoms with Crippen LogP contribution in [0.5, 0.6) is 0 Å². The molecule has 1 heterocycles. The van der Waals surface area contributed by atoms with Crippen molar-refractivity contribution in [3.05, 3.63) is 34.6 Å². The molecule has 5 heteroatoms. The lowest BCUT2D eigenvalue weighted by atomic mass is 10.2. The van der Waals surface area contributed by atoms with Gasteiger partial charge in [-0.2, -0.15) is 0 Å². The first-order chi connectivity index (χ1) is 8.19. The number of carbonyl (C=O) groups is 1. The zero-order valence-electron chi connectivity index (χ0n) is 9.87. The highest BCUT2D eigenvalue weighted by Gasteiger charge is 2.11. The molecule has 0 fully saturated rings. The van der Waals surface area contributed by atoms with Gasteiger partial charge < -0.3 is 10.1 Å². The van der Waals surface area contributed by atoms with Crippen LogP contribution in [0.4, 0.5) is 0 Å². The Balaban J connectivity index is 2.81. The third-order valence-corrected chi connectivity index (χ3v) is 2.44. The fraction of sp³-hybridized carbons (Fsp3) is 0.333. The molecule has 0 spiro atoms. The molecule has 1 N–H and O–H groups in total. The minimum absolute atomic E-state index is 0.157. The molecule has 0 aliphatic carbocycles. The van der Waals surface area contributed by atoms with Gasteiger partial charge in [0.15, 0.2) is 0 Å². The summed E-state index contributed by atoms with van der Waals surface area (Å²) in [7, 11) is 3.21. The molecule has 0 unspecified atom stereocenters. The van der Waals surface area contributed by atoms with Crippen LogP contribution in [0.3, 0.4) is 0 Å². The van der Waals surface area contributed by atoms with Crippen molar-refractivity contribution < 1.29 is 9.53 Å². The zero-order chi connectivity index (χ0) is 12.7. The van der Waals surface area contributed by atoms with Gasteiger partial charge in [0.25, 0.3) is 0 Å². The fourth-order valence-electron chi connectivity index (χ4n) is 1.26. The van der Waals surface area contributed by atoms with Gasteiger partial charge >= 0.3 is 5.97 Å².